The molecule has 2 nitrogen and oxygen atoms in total. The first kappa shape index (κ1) is 13.4. The number of nitrogens with zero attached hydrogens (tertiary/aromatic N) is 2. The maximum Gasteiger partial charge on any atom is 0.434 e. The quantitative estimate of drug-likeness (QED) is 0.676. The Balaban J connectivity index is 2.23. The van der Waals surface area contributed by atoms with E-state index in [1.807, 2.05) is 0 Å². The Morgan fingerprint density at radius 2 is 1.38 bits per heavy atom. The molecule has 5 heteroatoms. The highest BCUT2D eigenvalue weighted by molar-refractivity contribution is 5.66. The number of hydrogen-bond acceptors (Lipinski definition) is 1. The van der Waals surface area contributed by atoms with Gasteiger partial charge in [-0.3, -0.25) is 0 Å². The van der Waals surface area contributed by atoms with Crippen LogP contribution in [0.25, 0.3) is 16.8 Å². The van der Waals surface area contributed by atoms with E-state index in [0.717, 1.165) is 4.68 Å². The van der Waals surface area contributed by atoms with Gasteiger partial charge in [0.1, 0.15) is 0 Å². The molecule has 106 valence electrons. The molecule has 0 atom stereocenters. The van der Waals surface area contributed by atoms with Crippen LogP contribution in [-0.2, 0) is 6.18 Å². The van der Waals surface area contributed by atoms with E-state index in [1.165, 1.54) is 6.20 Å². The highest BCUT2D eigenvalue weighted by Gasteiger charge is 2.38. The maximum atomic E-state index is 13.5. The van der Waals surface area contributed by atoms with Crippen molar-refractivity contribution in [2.24, 2.45) is 0 Å². The molecular weight excluding hydrogens is 277 g/mol. The summed E-state index contributed by atoms with van der Waals surface area (Å²) in [4.78, 5) is 0. The summed E-state index contributed by atoms with van der Waals surface area (Å²) in [6.07, 6.45) is -3.23. The SMILES string of the molecule is FC(F)(F)c1c(-c2ccccc2)cnn1-c1ccccc1. The molecule has 0 saturated heterocycles. The molecule has 0 aliphatic heterocycles. The molecule has 0 radical (unpaired) electrons. The van der Waals surface area contributed by atoms with E-state index in [4.69, 9.17) is 0 Å². The van der Waals surface area contributed by atoms with Crippen molar-refractivity contribution in [3.8, 4) is 16.8 Å². The molecular formula is C16H11F3N2. The molecule has 3 rings (SSSR count). The second-order valence-corrected chi connectivity index (χ2v) is 4.52. The fourth-order valence-electron chi connectivity index (χ4n) is 2.22. The van der Waals surface area contributed by atoms with Gasteiger partial charge in [-0.1, -0.05) is 48.5 Å². The molecule has 0 N–H and O–H groups in total. The third-order valence-electron chi connectivity index (χ3n) is 3.12. The summed E-state index contributed by atoms with van der Waals surface area (Å²) in [5.41, 5.74) is 0.186. The average molecular weight is 288 g/mol. The Morgan fingerprint density at radius 1 is 0.810 bits per heavy atom. The normalized spacial score (nSPS) is 11.6. The van der Waals surface area contributed by atoms with Crippen molar-refractivity contribution in [2.45, 2.75) is 6.18 Å². The number of benzene rings is 2. The highest BCUT2D eigenvalue weighted by Crippen LogP contribution is 2.38. The van der Waals surface area contributed by atoms with E-state index in [9.17, 15) is 13.2 Å². The lowest BCUT2D eigenvalue weighted by molar-refractivity contribution is -0.142. The first-order chi connectivity index (χ1) is 10.1. The van der Waals surface area contributed by atoms with Crippen molar-refractivity contribution >= 4 is 0 Å². The third-order valence-corrected chi connectivity index (χ3v) is 3.12. The van der Waals surface area contributed by atoms with Crippen LogP contribution in [0.3, 0.4) is 0 Å². The van der Waals surface area contributed by atoms with E-state index in [2.05, 4.69) is 5.10 Å². The lowest BCUT2D eigenvalue weighted by Gasteiger charge is -2.12. The van der Waals surface area contributed by atoms with E-state index in [0.29, 0.717) is 11.3 Å². The van der Waals surface area contributed by atoms with Crippen LogP contribution in [0.1, 0.15) is 5.69 Å². The number of halogens is 3. The van der Waals surface area contributed by atoms with Gasteiger partial charge >= 0.3 is 6.18 Å². The molecule has 1 aromatic heterocycles. The topological polar surface area (TPSA) is 17.8 Å². The molecule has 0 unspecified atom stereocenters. The number of para-hydroxylation sites is 1. The minimum absolute atomic E-state index is 0.0759. The Morgan fingerprint density at radius 3 is 1.95 bits per heavy atom. The summed E-state index contributed by atoms with van der Waals surface area (Å²) in [5, 5.41) is 3.93. The highest BCUT2D eigenvalue weighted by atomic mass is 19.4. The molecule has 0 amide bonds. The zero-order valence-corrected chi connectivity index (χ0v) is 10.9. The zero-order valence-electron chi connectivity index (χ0n) is 10.9. The number of rotatable bonds is 2. The van der Waals surface area contributed by atoms with Crippen molar-refractivity contribution in [3.05, 3.63) is 72.6 Å². The van der Waals surface area contributed by atoms with Gasteiger partial charge in [-0.05, 0) is 17.7 Å². The van der Waals surface area contributed by atoms with Gasteiger partial charge in [-0.2, -0.15) is 18.3 Å². The summed E-state index contributed by atoms with van der Waals surface area (Å²) >= 11 is 0. The largest absolute Gasteiger partial charge is 0.434 e. The molecule has 21 heavy (non-hydrogen) atoms. The van der Waals surface area contributed by atoms with Crippen LogP contribution in [0, 0.1) is 0 Å². The fraction of sp³-hybridized carbons (Fsp3) is 0.0625. The van der Waals surface area contributed by atoms with Gasteiger partial charge in [0.15, 0.2) is 5.69 Å². The first-order valence-corrected chi connectivity index (χ1v) is 6.33. The molecule has 2 aromatic carbocycles. The van der Waals surface area contributed by atoms with Crippen LogP contribution in [-0.4, -0.2) is 9.78 Å². The van der Waals surface area contributed by atoms with Gasteiger partial charge in [-0.15, -0.1) is 0 Å². The molecule has 0 fully saturated rings. The average Bonchev–Trinajstić information content (AvgIpc) is 2.94. The van der Waals surface area contributed by atoms with Crippen LogP contribution >= 0.6 is 0 Å². The molecule has 0 aliphatic carbocycles. The van der Waals surface area contributed by atoms with Crippen molar-refractivity contribution in [1.82, 2.24) is 9.78 Å². The van der Waals surface area contributed by atoms with Crippen LogP contribution in [0.15, 0.2) is 66.9 Å². The fourth-order valence-corrected chi connectivity index (χ4v) is 2.22. The van der Waals surface area contributed by atoms with E-state index in [-0.39, 0.29) is 5.56 Å². The third kappa shape index (κ3) is 2.54. The molecule has 0 aliphatic rings. The van der Waals surface area contributed by atoms with Gasteiger partial charge in [0, 0.05) is 5.56 Å². The first-order valence-electron chi connectivity index (χ1n) is 6.33. The smallest absolute Gasteiger partial charge is 0.228 e. The summed E-state index contributed by atoms with van der Waals surface area (Å²) in [6, 6.07) is 16.7. The second-order valence-electron chi connectivity index (χ2n) is 4.52. The van der Waals surface area contributed by atoms with Gasteiger partial charge in [-0.25, -0.2) is 4.68 Å². The predicted molar refractivity (Wildman–Crippen MR) is 74.0 cm³/mol. The number of hydrogen-bond donors (Lipinski definition) is 0. The van der Waals surface area contributed by atoms with Crippen LogP contribution in [0.5, 0.6) is 0 Å². The molecule has 0 spiro atoms. The molecule has 3 aromatic rings. The summed E-state index contributed by atoms with van der Waals surface area (Å²) in [6.45, 7) is 0. The minimum atomic E-state index is -4.49. The Kier molecular flexibility index (Phi) is 3.25. The molecule has 0 bridgehead atoms. The van der Waals surface area contributed by atoms with Gasteiger partial charge in [0.05, 0.1) is 11.9 Å². The van der Waals surface area contributed by atoms with Gasteiger partial charge in [0.2, 0.25) is 0 Å². The second kappa shape index (κ2) is 5.09. The van der Waals surface area contributed by atoms with Crippen molar-refractivity contribution in [3.63, 3.8) is 0 Å². The number of aromatic nitrogens is 2. The van der Waals surface area contributed by atoms with Crippen molar-refractivity contribution in [2.75, 3.05) is 0 Å². The minimum Gasteiger partial charge on any atom is -0.228 e. The maximum absolute atomic E-state index is 13.5. The van der Waals surface area contributed by atoms with Crippen LogP contribution < -0.4 is 0 Å². The Bertz CT molecular complexity index is 674. The summed E-state index contributed by atoms with van der Waals surface area (Å²) < 4.78 is 41.3. The van der Waals surface area contributed by atoms with E-state index in [1.54, 1.807) is 60.7 Å². The predicted octanol–water partition coefficient (Wildman–Crippen LogP) is 4.56. The summed E-state index contributed by atoms with van der Waals surface area (Å²) in [5.74, 6) is 0. The van der Waals surface area contributed by atoms with Crippen molar-refractivity contribution < 1.29 is 13.2 Å². The standard InChI is InChI=1S/C16H11F3N2/c17-16(18,19)15-14(12-7-3-1-4-8-12)11-20-21(15)13-9-5-2-6-10-13/h1-11H. The summed E-state index contributed by atoms with van der Waals surface area (Å²) in [7, 11) is 0. The Hall–Kier alpha value is -2.56. The number of alkyl halides is 3. The molecule has 0 saturated carbocycles. The van der Waals surface area contributed by atoms with Crippen LogP contribution in [0.2, 0.25) is 0 Å². The van der Waals surface area contributed by atoms with Gasteiger partial charge < -0.3 is 0 Å². The van der Waals surface area contributed by atoms with Crippen molar-refractivity contribution in [1.29, 1.82) is 0 Å². The monoisotopic (exact) mass is 288 g/mol. The lowest BCUT2D eigenvalue weighted by Crippen LogP contribution is -2.14. The zero-order chi connectivity index (χ0) is 14.9. The lowest BCUT2D eigenvalue weighted by atomic mass is 10.1. The Labute approximate surface area is 119 Å². The molecule has 1 heterocycles. The van der Waals surface area contributed by atoms with Gasteiger partial charge in [0.25, 0.3) is 0 Å². The van der Waals surface area contributed by atoms with E-state index < -0.39 is 11.9 Å². The van der Waals surface area contributed by atoms with Crippen LogP contribution in [0.4, 0.5) is 13.2 Å². The van der Waals surface area contributed by atoms with E-state index >= 15 is 0 Å².